The summed E-state index contributed by atoms with van der Waals surface area (Å²) in [6.45, 7) is 7.23. The summed E-state index contributed by atoms with van der Waals surface area (Å²) in [6.07, 6.45) is 0. The van der Waals surface area contributed by atoms with Gasteiger partial charge in [0.25, 0.3) is 5.91 Å². The van der Waals surface area contributed by atoms with Crippen LogP contribution in [0.5, 0.6) is 5.75 Å². The molecule has 1 rings (SSSR count). The zero-order chi connectivity index (χ0) is 15.0. The van der Waals surface area contributed by atoms with Crippen LogP contribution in [0.4, 0.5) is 4.39 Å². The van der Waals surface area contributed by atoms with E-state index >= 15 is 0 Å². The van der Waals surface area contributed by atoms with Crippen molar-refractivity contribution in [1.29, 1.82) is 0 Å². The smallest absolute Gasteiger partial charge is 0.257 e. The Hall–Kier alpha value is -1.14. The third-order valence-corrected chi connectivity index (χ3v) is 3.39. The molecule has 0 fully saturated rings. The molecule has 0 unspecified atom stereocenters. The van der Waals surface area contributed by atoms with Crippen molar-refractivity contribution in [3.63, 3.8) is 0 Å². The number of carbonyl (C=O) groups is 1. The molecule has 6 heteroatoms. The van der Waals surface area contributed by atoms with Gasteiger partial charge in [0, 0.05) is 17.6 Å². The molecule has 0 bridgehead atoms. The molecule has 0 aliphatic heterocycles. The van der Waals surface area contributed by atoms with Gasteiger partial charge in [-0.15, -0.1) is 0 Å². The van der Waals surface area contributed by atoms with Crippen molar-refractivity contribution in [2.45, 2.75) is 13.8 Å². The Morgan fingerprint density at radius 3 is 2.70 bits per heavy atom. The second-order valence-electron chi connectivity index (χ2n) is 4.24. The van der Waals surface area contributed by atoms with Gasteiger partial charge in [-0.1, -0.05) is 29.8 Å². The molecule has 1 amide bonds. The van der Waals surface area contributed by atoms with E-state index in [0.717, 1.165) is 19.6 Å². The molecule has 112 valence electrons. The van der Waals surface area contributed by atoms with Gasteiger partial charge in [0.15, 0.2) is 18.2 Å². The second kappa shape index (κ2) is 8.92. The number of nitrogens with zero attached hydrogens (tertiary/aromatic N) is 1. The monoisotopic (exact) mass is 346 g/mol. The number of ether oxygens (including phenoxy) is 1. The minimum atomic E-state index is -0.490. The molecule has 0 saturated carbocycles. The Balaban J connectivity index is 2.29. The molecule has 0 aliphatic carbocycles. The van der Waals surface area contributed by atoms with Crippen LogP contribution in [0.15, 0.2) is 22.7 Å². The van der Waals surface area contributed by atoms with Gasteiger partial charge in [-0.3, -0.25) is 4.79 Å². The third kappa shape index (κ3) is 5.88. The quantitative estimate of drug-likeness (QED) is 0.785. The molecule has 0 radical (unpaired) electrons. The highest BCUT2D eigenvalue weighted by atomic mass is 79.9. The summed E-state index contributed by atoms with van der Waals surface area (Å²) in [5, 5.41) is 2.75. The number of rotatable bonds is 8. The van der Waals surface area contributed by atoms with Crippen LogP contribution < -0.4 is 10.1 Å². The van der Waals surface area contributed by atoms with Crippen LogP contribution in [-0.2, 0) is 4.79 Å². The van der Waals surface area contributed by atoms with E-state index in [-0.39, 0.29) is 18.3 Å². The maximum absolute atomic E-state index is 13.5. The lowest BCUT2D eigenvalue weighted by atomic mass is 10.3. The van der Waals surface area contributed by atoms with E-state index in [9.17, 15) is 9.18 Å². The number of hydrogen-bond donors (Lipinski definition) is 1. The standard InChI is InChI=1S/C14H20BrFN2O2/c1-3-18(4-2)8-7-17-14(19)10-20-13-6-5-11(15)9-12(13)16/h5-6,9H,3-4,7-8,10H2,1-2H3,(H,17,19). The highest BCUT2D eigenvalue weighted by Crippen LogP contribution is 2.21. The fourth-order valence-corrected chi connectivity index (χ4v) is 2.01. The average molecular weight is 347 g/mol. The van der Waals surface area contributed by atoms with Crippen molar-refractivity contribution in [1.82, 2.24) is 10.2 Å². The summed E-state index contributed by atoms with van der Waals surface area (Å²) in [5.74, 6) is -0.665. The number of amides is 1. The number of hydrogen-bond acceptors (Lipinski definition) is 3. The van der Waals surface area contributed by atoms with E-state index < -0.39 is 5.82 Å². The van der Waals surface area contributed by atoms with Crippen molar-refractivity contribution in [3.8, 4) is 5.75 Å². The number of halogens is 2. The van der Waals surface area contributed by atoms with Crippen LogP contribution in [0.1, 0.15) is 13.8 Å². The van der Waals surface area contributed by atoms with Crippen LogP contribution in [0.25, 0.3) is 0 Å². The van der Waals surface area contributed by atoms with Gasteiger partial charge < -0.3 is 15.0 Å². The molecule has 1 aromatic carbocycles. The summed E-state index contributed by atoms with van der Waals surface area (Å²) < 4.78 is 19.2. The van der Waals surface area contributed by atoms with E-state index in [0.29, 0.717) is 11.0 Å². The first-order valence-corrected chi connectivity index (χ1v) is 7.43. The van der Waals surface area contributed by atoms with Crippen LogP contribution in [0, 0.1) is 5.82 Å². The maximum Gasteiger partial charge on any atom is 0.257 e. The normalized spacial score (nSPS) is 10.7. The molecular formula is C14H20BrFN2O2. The maximum atomic E-state index is 13.5. The first kappa shape index (κ1) is 16.9. The Morgan fingerprint density at radius 2 is 2.10 bits per heavy atom. The van der Waals surface area contributed by atoms with Gasteiger partial charge in [0.1, 0.15) is 0 Å². The number of benzene rings is 1. The molecule has 0 spiro atoms. The molecular weight excluding hydrogens is 327 g/mol. The zero-order valence-corrected chi connectivity index (χ0v) is 13.4. The van der Waals surface area contributed by atoms with E-state index in [2.05, 4.69) is 40.0 Å². The van der Waals surface area contributed by atoms with Crippen molar-refractivity contribution >= 4 is 21.8 Å². The van der Waals surface area contributed by atoms with Crippen molar-refractivity contribution in [3.05, 3.63) is 28.5 Å². The molecule has 20 heavy (non-hydrogen) atoms. The predicted molar refractivity (Wildman–Crippen MR) is 80.4 cm³/mol. The van der Waals surface area contributed by atoms with Crippen LogP contribution in [0.3, 0.4) is 0 Å². The number of carbonyl (C=O) groups excluding carboxylic acids is 1. The topological polar surface area (TPSA) is 41.6 Å². The van der Waals surface area contributed by atoms with Crippen molar-refractivity contribution in [2.24, 2.45) is 0 Å². The predicted octanol–water partition coefficient (Wildman–Crippen LogP) is 2.43. The van der Waals surface area contributed by atoms with Gasteiger partial charge in [-0.05, 0) is 31.3 Å². The van der Waals surface area contributed by atoms with Gasteiger partial charge in [-0.2, -0.15) is 0 Å². The SMILES string of the molecule is CCN(CC)CCNC(=O)COc1ccc(Br)cc1F. The Labute approximate surface area is 127 Å². The number of likely N-dealkylation sites (N-methyl/N-ethyl adjacent to an activating group) is 1. The van der Waals surface area contributed by atoms with Gasteiger partial charge in [0.05, 0.1) is 0 Å². The van der Waals surface area contributed by atoms with Crippen molar-refractivity contribution < 1.29 is 13.9 Å². The lowest BCUT2D eigenvalue weighted by Gasteiger charge is -2.18. The van der Waals surface area contributed by atoms with Gasteiger partial charge in [0.2, 0.25) is 0 Å². The molecule has 0 saturated heterocycles. The molecule has 0 aliphatic rings. The lowest BCUT2D eigenvalue weighted by Crippen LogP contribution is -2.36. The first-order chi connectivity index (χ1) is 9.56. The highest BCUT2D eigenvalue weighted by molar-refractivity contribution is 9.10. The third-order valence-electron chi connectivity index (χ3n) is 2.90. The van der Waals surface area contributed by atoms with Crippen LogP contribution >= 0.6 is 15.9 Å². The Kier molecular flexibility index (Phi) is 7.54. The Bertz CT molecular complexity index is 439. The summed E-state index contributed by atoms with van der Waals surface area (Å²) >= 11 is 3.16. The Morgan fingerprint density at radius 1 is 1.40 bits per heavy atom. The van der Waals surface area contributed by atoms with E-state index in [1.165, 1.54) is 12.1 Å². The van der Waals surface area contributed by atoms with Gasteiger partial charge >= 0.3 is 0 Å². The molecule has 1 aromatic rings. The largest absolute Gasteiger partial charge is 0.481 e. The fraction of sp³-hybridized carbons (Fsp3) is 0.500. The summed E-state index contributed by atoms with van der Waals surface area (Å²) in [4.78, 5) is 13.8. The lowest BCUT2D eigenvalue weighted by molar-refractivity contribution is -0.123. The van der Waals surface area contributed by atoms with E-state index in [1.807, 2.05) is 0 Å². The first-order valence-electron chi connectivity index (χ1n) is 6.63. The van der Waals surface area contributed by atoms with E-state index in [1.54, 1.807) is 6.07 Å². The van der Waals surface area contributed by atoms with E-state index in [4.69, 9.17) is 4.74 Å². The molecule has 1 N–H and O–H groups in total. The molecule has 0 aromatic heterocycles. The van der Waals surface area contributed by atoms with Crippen LogP contribution in [-0.4, -0.2) is 43.6 Å². The average Bonchev–Trinajstić information content (AvgIpc) is 2.42. The second-order valence-corrected chi connectivity index (χ2v) is 5.16. The molecule has 0 atom stereocenters. The fourth-order valence-electron chi connectivity index (χ4n) is 1.68. The van der Waals surface area contributed by atoms with Crippen LogP contribution in [0.2, 0.25) is 0 Å². The minimum absolute atomic E-state index is 0.0760. The summed E-state index contributed by atoms with van der Waals surface area (Å²) in [6, 6.07) is 4.45. The highest BCUT2D eigenvalue weighted by Gasteiger charge is 2.07. The van der Waals surface area contributed by atoms with Gasteiger partial charge in [-0.25, -0.2) is 4.39 Å². The molecule has 4 nitrogen and oxygen atoms in total. The summed E-state index contributed by atoms with van der Waals surface area (Å²) in [7, 11) is 0. The zero-order valence-electron chi connectivity index (χ0n) is 11.8. The minimum Gasteiger partial charge on any atom is -0.481 e. The molecule has 0 heterocycles. The van der Waals surface area contributed by atoms with Crippen molar-refractivity contribution in [2.75, 3.05) is 32.8 Å². The number of nitrogens with one attached hydrogen (secondary N) is 1. The summed E-state index contributed by atoms with van der Waals surface area (Å²) in [5.41, 5.74) is 0.